The third-order valence-corrected chi connectivity index (χ3v) is 3.96. The number of hydrogen-bond acceptors (Lipinski definition) is 2. The van der Waals surface area contributed by atoms with Crippen molar-refractivity contribution in [3.8, 4) is 0 Å². The van der Waals surface area contributed by atoms with E-state index >= 15 is 0 Å². The number of nitrogens with one attached hydrogen (secondary N) is 1. The van der Waals surface area contributed by atoms with Crippen LogP contribution in [0.5, 0.6) is 0 Å². The molecule has 3 N–H and O–H groups in total. The highest BCUT2D eigenvalue weighted by Crippen LogP contribution is 2.19. The van der Waals surface area contributed by atoms with Crippen molar-refractivity contribution >= 4 is 39.1 Å². The standard InChI is InChI=1S/C16H16BrClN2O/c1-10(8-11-2-5-13(17)6-3-11)20-16(21)12-4-7-14(18)15(19)9-12/h2-7,9-10H,8,19H2,1H3,(H,20,21). The zero-order chi connectivity index (χ0) is 15.4. The molecule has 3 nitrogen and oxygen atoms in total. The highest BCUT2D eigenvalue weighted by molar-refractivity contribution is 9.10. The Morgan fingerprint density at radius 2 is 1.95 bits per heavy atom. The average Bonchev–Trinajstić information content (AvgIpc) is 2.44. The van der Waals surface area contributed by atoms with E-state index in [1.54, 1.807) is 18.2 Å². The van der Waals surface area contributed by atoms with Gasteiger partial charge in [0.1, 0.15) is 0 Å². The maximum Gasteiger partial charge on any atom is 0.251 e. The lowest BCUT2D eigenvalue weighted by atomic mass is 10.1. The summed E-state index contributed by atoms with van der Waals surface area (Å²) in [5, 5.41) is 3.41. The Morgan fingerprint density at radius 3 is 2.57 bits per heavy atom. The van der Waals surface area contributed by atoms with Crippen LogP contribution in [0.15, 0.2) is 46.9 Å². The Bertz CT molecular complexity index is 643. The maximum absolute atomic E-state index is 12.1. The van der Waals surface area contributed by atoms with Crippen LogP contribution in [-0.4, -0.2) is 11.9 Å². The second-order valence-corrected chi connectivity index (χ2v) is 6.26. The van der Waals surface area contributed by atoms with E-state index in [1.165, 1.54) is 5.56 Å². The summed E-state index contributed by atoms with van der Waals surface area (Å²) < 4.78 is 1.04. The molecule has 2 aromatic rings. The van der Waals surface area contributed by atoms with Gasteiger partial charge in [-0.2, -0.15) is 0 Å². The van der Waals surface area contributed by atoms with Gasteiger partial charge in [0, 0.05) is 16.1 Å². The Labute approximate surface area is 137 Å². The Morgan fingerprint density at radius 1 is 1.29 bits per heavy atom. The highest BCUT2D eigenvalue weighted by Gasteiger charge is 2.11. The number of nitrogens with two attached hydrogens (primary N) is 1. The molecule has 1 unspecified atom stereocenters. The molecular formula is C16H16BrClN2O. The van der Waals surface area contributed by atoms with E-state index in [0.29, 0.717) is 16.3 Å². The minimum absolute atomic E-state index is 0.0237. The number of amides is 1. The fourth-order valence-electron chi connectivity index (χ4n) is 2.02. The molecule has 2 rings (SSSR count). The number of nitrogen functional groups attached to an aromatic ring is 1. The van der Waals surface area contributed by atoms with Crippen molar-refractivity contribution in [3.05, 3.63) is 63.1 Å². The van der Waals surface area contributed by atoms with E-state index in [-0.39, 0.29) is 11.9 Å². The Balaban J connectivity index is 1.98. The molecule has 0 bridgehead atoms. The minimum atomic E-state index is -0.150. The van der Waals surface area contributed by atoms with E-state index in [1.807, 2.05) is 31.2 Å². The first-order valence-electron chi connectivity index (χ1n) is 6.56. The molecular weight excluding hydrogens is 352 g/mol. The predicted octanol–water partition coefficient (Wildman–Crippen LogP) is 4.05. The zero-order valence-corrected chi connectivity index (χ0v) is 13.9. The summed E-state index contributed by atoms with van der Waals surface area (Å²) in [5.41, 5.74) is 7.80. The SMILES string of the molecule is CC(Cc1ccc(Br)cc1)NC(=O)c1ccc(Cl)c(N)c1. The number of hydrogen-bond donors (Lipinski definition) is 2. The van der Waals surface area contributed by atoms with Crippen LogP contribution in [-0.2, 0) is 6.42 Å². The van der Waals surface area contributed by atoms with Gasteiger partial charge in [0.15, 0.2) is 0 Å². The molecule has 0 aliphatic heterocycles. The fraction of sp³-hybridized carbons (Fsp3) is 0.188. The van der Waals surface area contributed by atoms with Crippen LogP contribution < -0.4 is 11.1 Å². The molecule has 1 amide bonds. The van der Waals surface area contributed by atoms with Gasteiger partial charge in [0.2, 0.25) is 0 Å². The van der Waals surface area contributed by atoms with Gasteiger partial charge < -0.3 is 11.1 Å². The summed E-state index contributed by atoms with van der Waals surface area (Å²) in [5.74, 6) is -0.150. The lowest BCUT2D eigenvalue weighted by molar-refractivity contribution is 0.0940. The van der Waals surface area contributed by atoms with Gasteiger partial charge in [0.25, 0.3) is 5.91 Å². The lowest BCUT2D eigenvalue weighted by Gasteiger charge is -2.14. The largest absolute Gasteiger partial charge is 0.398 e. The molecule has 5 heteroatoms. The van der Waals surface area contributed by atoms with Gasteiger partial charge in [0.05, 0.1) is 10.7 Å². The molecule has 0 aromatic heterocycles. The number of carbonyl (C=O) groups excluding carboxylic acids is 1. The van der Waals surface area contributed by atoms with E-state index in [0.717, 1.165) is 10.9 Å². The van der Waals surface area contributed by atoms with Gasteiger partial charge in [-0.25, -0.2) is 0 Å². The van der Waals surface area contributed by atoms with Crippen LogP contribution >= 0.6 is 27.5 Å². The second-order valence-electron chi connectivity index (χ2n) is 4.94. The molecule has 0 aliphatic rings. The van der Waals surface area contributed by atoms with E-state index in [9.17, 15) is 4.79 Å². The summed E-state index contributed by atoms with van der Waals surface area (Å²) in [4.78, 5) is 12.1. The molecule has 0 saturated carbocycles. The van der Waals surface area contributed by atoms with Crippen molar-refractivity contribution < 1.29 is 4.79 Å². The number of rotatable bonds is 4. The first-order valence-corrected chi connectivity index (χ1v) is 7.73. The Kier molecular flexibility index (Phi) is 5.26. The van der Waals surface area contributed by atoms with Gasteiger partial charge in [-0.05, 0) is 49.2 Å². The van der Waals surface area contributed by atoms with Crippen LogP contribution in [0.1, 0.15) is 22.8 Å². The third-order valence-electron chi connectivity index (χ3n) is 3.09. The number of halogens is 2. The topological polar surface area (TPSA) is 55.1 Å². The summed E-state index contributed by atoms with van der Waals surface area (Å²) in [6.45, 7) is 1.97. The zero-order valence-electron chi connectivity index (χ0n) is 11.6. The van der Waals surface area contributed by atoms with E-state index in [4.69, 9.17) is 17.3 Å². The van der Waals surface area contributed by atoms with Crippen molar-refractivity contribution in [1.29, 1.82) is 0 Å². The lowest BCUT2D eigenvalue weighted by Crippen LogP contribution is -2.34. The van der Waals surface area contributed by atoms with Gasteiger partial charge >= 0.3 is 0 Å². The fourth-order valence-corrected chi connectivity index (χ4v) is 2.40. The molecule has 0 spiro atoms. The molecule has 21 heavy (non-hydrogen) atoms. The third kappa shape index (κ3) is 4.48. The normalized spacial score (nSPS) is 12.0. The summed E-state index contributed by atoms with van der Waals surface area (Å²) in [7, 11) is 0. The molecule has 0 saturated heterocycles. The molecule has 0 fully saturated rings. The predicted molar refractivity (Wildman–Crippen MR) is 90.6 cm³/mol. The average molecular weight is 368 g/mol. The molecule has 0 aliphatic carbocycles. The van der Waals surface area contributed by atoms with Crippen LogP contribution in [0, 0.1) is 0 Å². The smallest absolute Gasteiger partial charge is 0.251 e. The molecule has 110 valence electrons. The molecule has 0 radical (unpaired) electrons. The first-order chi connectivity index (χ1) is 9.95. The van der Waals surface area contributed by atoms with Gasteiger partial charge in [-0.3, -0.25) is 4.79 Å². The summed E-state index contributed by atoms with van der Waals surface area (Å²) in [6, 6.07) is 13.0. The molecule has 1 atom stereocenters. The summed E-state index contributed by atoms with van der Waals surface area (Å²) in [6.07, 6.45) is 0.766. The van der Waals surface area contributed by atoms with Crippen molar-refractivity contribution in [2.75, 3.05) is 5.73 Å². The Hall–Kier alpha value is -1.52. The van der Waals surface area contributed by atoms with Crippen LogP contribution in [0.2, 0.25) is 5.02 Å². The monoisotopic (exact) mass is 366 g/mol. The van der Waals surface area contributed by atoms with Crippen molar-refractivity contribution in [2.45, 2.75) is 19.4 Å². The quantitative estimate of drug-likeness (QED) is 0.801. The van der Waals surface area contributed by atoms with Crippen molar-refractivity contribution in [3.63, 3.8) is 0 Å². The number of benzene rings is 2. The number of carbonyl (C=O) groups is 1. The second kappa shape index (κ2) is 6.96. The number of anilines is 1. The van der Waals surface area contributed by atoms with Crippen LogP contribution in [0.25, 0.3) is 0 Å². The van der Waals surface area contributed by atoms with Crippen molar-refractivity contribution in [2.24, 2.45) is 0 Å². The van der Waals surface area contributed by atoms with Gasteiger partial charge in [-0.15, -0.1) is 0 Å². The van der Waals surface area contributed by atoms with Gasteiger partial charge in [-0.1, -0.05) is 39.7 Å². The van der Waals surface area contributed by atoms with E-state index < -0.39 is 0 Å². The van der Waals surface area contributed by atoms with E-state index in [2.05, 4.69) is 21.2 Å². The minimum Gasteiger partial charge on any atom is -0.398 e. The molecule has 0 heterocycles. The summed E-state index contributed by atoms with van der Waals surface area (Å²) >= 11 is 9.25. The highest BCUT2D eigenvalue weighted by atomic mass is 79.9. The van der Waals surface area contributed by atoms with Crippen molar-refractivity contribution in [1.82, 2.24) is 5.32 Å². The maximum atomic E-state index is 12.1. The molecule has 2 aromatic carbocycles. The van der Waals surface area contributed by atoms with Crippen LogP contribution in [0.3, 0.4) is 0 Å². The first kappa shape index (κ1) is 15.9. The van der Waals surface area contributed by atoms with Crippen LogP contribution in [0.4, 0.5) is 5.69 Å².